The average molecular weight is 682 g/mol. The summed E-state index contributed by atoms with van der Waals surface area (Å²) >= 11 is 0. The van der Waals surface area contributed by atoms with Gasteiger partial charge < -0.3 is 9.13 Å². The maximum atomic E-state index is 14.5. The van der Waals surface area contributed by atoms with Crippen LogP contribution in [0.5, 0.6) is 0 Å². The lowest BCUT2D eigenvalue weighted by Crippen LogP contribution is -2.11. The number of nitrogens with zero attached hydrogens (tertiary/aromatic N) is 3. The van der Waals surface area contributed by atoms with E-state index in [0.29, 0.717) is 16.8 Å². The summed E-state index contributed by atoms with van der Waals surface area (Å²) in [4.78, 5) is 4.26. The third kappa shape index (κ3) is 5.77. The van der Waals surface area contributed by atoms with Crippen molar-refractivity contribution in [3.05, 3.63) is 138 Å². The number of hydrogen-bond acceptors (Lipinski definition) is 1. The quantitative estimate of drug-likeness (QED) is 0.127. The summed E-state index contributed by atoms with van der Waals surface area (Å²) in [7, 11) is 0. The molecule has 0 aliphatic heterocycles. The molecule has 51 heavy (non-hydrogen) atoms. The highest BCUT2D eigenvalue weighted by Gasteiger charge is 2.33. The van der Waals surface area contributed by atoms with E-state index >= 15 is 0 Å². The molecule has 0 atom stereocenters. The number of rotatable bonds is 5. The molecule has 7 aromatic rings. The fourth-order valence-electron chi connectivity index (χ4n) is 7.29. The van der Waals surface area contributed by atoms with E-state index < -0.39 is 11.7 Å². The van der Waals surface area contributed by atoms with E-state index in [1.54, 1.807) is 12.3 Å². The van der Waals surface area contributed by atoms with Gasteiger partial charge >= 0.3 is 6.18 Å². The number of para-hydroxylation sites is 2. The standard InChI is InChI=1S/C45H42F3N3/c1-9-37(50-38-16-12-10-14-31(38)34-24-28(43(2,3)4)19-22-40(34)50)36(27-49-8)33-21-18-30(45(46,47)48)26-42(33)51-39-17-13-11-15-32(39)35-25-29(44(5,6)7)20-23-41(35)51/h9-27H,8H2,1-7H3/b36-27-,37-9+. The van der Waals surface area contributed by atoms with Crippen LogP contribution in [0.3, 0.4) is 0 Å². The number of halogens is 3. The van der Waals surface area contributed by atoms with Crippen molar-refractivity contribution in [1.82, 2.24) is 9.13 Å². The van der Waals surface area contributed by atoms with Gasteiger partial charge in [0.25, 0.3) is 0 Å². The van der Waals surface area contributed by atoms with Gasteiger partial charge in [-0.1, -0.05) is 102 Å². The number of aromatic nitrogens is 2. The molecule has 0 saturated heterocycles. The fraction of sp³-hybridized carbons (Fsp3) is 0.222. The monoisotopic (exact) mass is 681 g/mol. The Hall–Kier alpha value is -5.36. The predicted molar refractivity (Wildman–Crippen MR) is 210 cm³/mol. The first-order chi connectivity index (χ1) is 24.1. The largest absolute Gasteiger partial charge is 0.416 e. The van der Waals surface area contributed by atoms with Crippen LogP contribution >= 0.6 is 0 Å². The first-order valence-electron chi connectivity index (χ1n) is 17.3. The van der Waals surface area contributed by atoms with Crippen LogP contribution in [-0.4, -0.2) is 15.9 Å². The van der Waals surface area contributed by atoms with Gasteiger partial charge in [0.1, 0.15) is 0 Å². The van der Waals surface area contributed by atoms with Gasteiger partial charge in [-0.3, -0.25) is 4.99 Å². The number of fused-ring (bicyclic) bond motifs is 6. The number of benzene rings is 5. The van der Waals surface area contributed by atoms with E-state index in [1.807, 2.05) is 60.0 Å². The lowest BCUT2D eigenvalue weighted by molar-refractivity contribution is -0.137. The van der Waals surface area contributed by atoms with Crippen molar-refractivity contribution in [3.63, 3.8) is 0 Å². The Labute approximate surface area is 297 Å². The molecule has 7 rings (SSSR count). The van der Waals surface area contributed by atoms with E-state index in [1.165, 1.54) is 11.6 Å². The molecule has 6 heteroatoms. The maximum Gasteiger partial charge on any atom is 0.416 e. The van der Waals surface area contributed by atoms with Crippen LogP contribution in [0.2, 0.25) is 0 Å². The molecule has 2 aromatic heterocycles. The van der Waals surface area contributed by atoms with Crippen molar-refractivity contribution in [1.29, 1.82) is 0 Å². The van der Waals surface area contributed by atoms with Crippen LogP contribution in [0.15, 0.2) is 120 Å². The Morgan fingerprint density at radius 1 is 0.608 bits per heavy atom. The molecule has 0 unspecified atom stereocenters. The van der Waals surface area contributed by atoms with Crippen molar-refractivity contribution in [3.8, 4) is 5.69 Å². The summed E-state index contributed by atoms with van der Waals surface area (Å²) in [5.74, 6) is 0. The number of hydrogen-bond donors (Lipinski definition) is 0. The molecule has 0 radical (unpaired) electrons. The molecule has 0 fully saturated rings. The summed E-state index contributed by atoms with van der Waals surface area (Å²) in [6.07, 6.45) is -0.881. The molecule has 2 heterocycles. The molecule has 0 aliphatic carbocycles. The van der Waals surface area contributed by atoms with Gasteiger partial charge in [-0.25, -0.2) is 0 Å². The van der Waals surface area contributed by atoms with Crippen molar-refractivity contribution in [2.45, 2.75) is 65.5 Å². The lowest BCUT2D eigenvalue weighted by Gasteiger charge is -2.22. The SMILES string of the molecule is C=N/C=C(\C(=C/C)n1c2ccccc2c2cc(C(C)(C)C)ccc21)c1ccc(C(F)(F)F)cc1-n1c2ccccc2c2cc(C(C)(C)C)ccc21. The number of allylic oxidation sites excluding steroid dienone is 3. The van der Waals surface area contributed by atoms with E-state index in [4.69, 9.17) is 0 Å². The van der Waals surface area contributed by atoms with Crippen molar-refractivity contribution < 1.29 is 13.2 Å². The topological polar surface area (TPSA) is 22.2 Å². The molecular formula is C45H42F3N3. The van der Waals surface area contributed by atoms with Crippen LogP contribution in [-0.2, 0) is 17.0 Å². The summed E-state index contributed by atoms with van der Waals surface area (Å²) < 4.78 is 47.8. The minimum Gasteiger partial charge on any atom is -0.309 e. The van der Waals surface area contributed by atoms with E-state index in [2.05, 4.69) is 100 Å². The van der Waals surface area contributed by atoms with E-state index in [0.717, 1.165) is 60.9 Å². The highest BCUT2D eigenvalue weighted by molar-refractivity contribution is 6.15. The molecule has 0 aliphatic rings. The third-order valence-electron chi connectivity index (χ3n) is 9.94. The summed E-state index contributed by atoms with van der Waals surface area (Å²) in [5.41, 5.74) is 7.54. The van der Waals surface area contributed by atoms with Crippen LogP contribution < -0.4 is 0 Å². The molecule has 0 N–H and O–H groups in total. The number of aliphatic imine (C=N–C) groups is 1. The Balaban J connectivity index is 1.56. The smallest absolute Gasteiger partial charge is 0.309 e. The molecule has 3 nitrogen and oxygen atoms in total. The molecule has 5 aromatic carbocycles. The van der Waals surface area contributed by atoms with Crippen LogP contribution in [0.1, 0.15) is 70.7 Å². The highest BCUT2D eigenvalue weighted by atomic mass is 19.4. The predicted octanol–water partition coefficient (Wildman–Crippen LogP) is 13.1. The van der Waals surface area contributed by atoms with Gasteiger partial charge in [-0.15, -0.1) is 0 Å². The molecule has 0 saturated carbocycles. The molecule has 258 valence electrons. The van der Waals surface area contributed by atoms with Gasteiger partial charge in [-0.05, 0) is 84.1 Å². The van der Waals surface area contributed by atoms with Gasteiger partial charge in [0.15, 0.2) is 0 Å². The first-order valence-corrected chi connectivity index (χ1v) is 17.3. The highest BCUT2D eigenvalue weighted by Crippen LogP contribution is 2.44. The molecule has 0 amide bonds. The van der Waals surface area contributed by atoms with Gasteiger partial charge in [0.2, 0.25) is 0 Å². The van der Waals surface area contributed by atoms with Gasteiger partial charge in [-0.2, -0.15) is 13.2 Å². The van der Waals surface area contributed by atoms with Crippen LogP contribution in [0.25, 0.3) is 60.6 Å². The van der Waals surface area contributed by atoms with E-state index in [-0.39, 0.29) is 10.8 Å². The van der Waals surface area contributed by atoms with Crippen molar-refractivity contribution in [2.75, 3.05) is 0 Å². The third-order valence-corrected chi connectivity index (χ3v) is 9.94. The average Bonchev–Trinajstić information content (AvgIpc) is 3.59. The Bertz CT molecular complexity index is 2560. The van der Waals surface area contributed by atoms with Crippen LogP contribution in [0, 0.1) is 0 Å². The second kappa shape index (κ2) is 12.2. The zero-order valence-electron chi connectivity index (χ0n) is 30.2. The van der Waals surface area contributed by atoms with Gasteiger partial charge in [0, 0.05) is 38.9 Å². The zero-order chi connectivity index (χ0) is 36.5. The fourth-order valence-corrected chi connectivity index (χ4v) is 7.29. The second-order valence-corrected chi connectivity index (χ2v) is 15.3. The Morgan fingerprint density at radius 3 is 1.67 bits per heavy atom. The summed E-state index contributed by atoms with van der Waals surface area (Å²) in [5, 5.41) is 4.15. The van der Waals surface area contributed by atoms with Crippen molar-refractivity contribution >= 4 is 61.6 Å². The second-order valence-electron chi connectivity index (χ2n) is 15.3. The maximum absolute atomic E-state index is 14.5. The first kappa shape index (κ1) is 34.1. The normalized spacial score (nSPS) is 13.6. The van der Waals surface area contributed by atoms with E-state index in [9.17, 15) is 13.2 Å². The number of alkyl halides is 3. The molecule has 0 spiro atoms. The Morgan fingerprint density at radius 2 is 1.10 bits per heavy atom. The zero-order valence-corrected chi connectivity index (χ0v) is 30.2. The minimum atomic E-state index is -4.55. The summed E-state index contributed by atoms with van der Waals surface area (Å²) in [6.45, 7) is 18.9. The molecule has 0 bridgehead atoms. The molecular weight excluding hydrogens is 640 g/mol. The lowest BCUT2D eigenvalue weighted by atomic mass is 9.86. The van der Waals surface area contributed by atoms with Crippen molar-refractivity contribution in [2.24, 2.45) is 4.99 Å². The Kier molecular flexibility index (Phi) is 8.13. The minimum absolute atomic E-state index is 0.0519. The summed E-state index contributed by atoms with van der Waals surface area (Å²) in [6, 6.07) is 33.0. The van der Waals surface area contributed by atoms with Gasteiger partial charge in [0.05, 0.1) is 39.0 Å². The van der Waals surface area contributed by atoms with Crippen LogP contribution in [0.4, 0.5) is 13.2 Å².